The molecule has 7 nitrogen and oxygen atoms in total. The number of amides is 2. The summed E-state index contributed by atoms with van der Waals surface area (Å²) in [5.74, 6) is -0.895. The molecule has 0 radical (unpaired) electrons. The number of carbonyl (C=O) groups is 2. The molecule has 0 aliphatic heterocycles. The lowest BCUT2D eigenvalue weighted by Crippen LogP contribution is -2.51. The van der Waals surface area contributed by atoms with Crippen molar-refractivity contribution >= 4 is 62.3 Å². The first-order chi connectivity index (χ1) is 16.3. The van der Waals surface area contributed by atoms with Crippen LogP contribution in [0, 0.1) is 6.92 Å². The molecule has 1 N–H and O–H groups in total. The Balaban J connectivity index is 2.41. The summed E-state index contributed by atoms with van der Waals surface area (Å²) in [4.78, 5) is 27.7. The maximum absolute atomic E-state index is 13.5. The van der Waals surface area contributed by atoms with Crippen molar-refractivity contribution in [1.82, 2.24) is 10.2 Å². The van der Waals surface area contributed by atoms with E-state index in [2.05, 4.69) is 5.32 Å². The Bertz CT molecular complexity index is 1160. The van der Waals surface area contributed by atoms with E-state index < -0.39 is 28.5 Å². The van der Waals surface area contributed by atoms with Gasteiger partial charge in [-0.3, -0.25) is 13.9 Å². The van der Waals surface area contributed by atoms with Crippen LogP contribution < -0.4 is 9.62 Å². The molecule has 192 valence electrons. The van der Waals surface area contributed by atoms with Crippen LogP contribution in [0.1, 0.15) is 37.8 Å². The fourth-order valence-corrected chi connectivity index (χ4v) is 4.85. The van der Waals surface area contributed by atoms with Gasteiger partial charge in [0, 0.05) is 13.1 Å². The average Bonchev–Trinajstić information content (AvgIpc) is 2.78. The molecule has 0 bridgehead atoms. The van der Waals surface area contributed by atoms with Crippen molar-refractivity contribution in [3.05, 3.63) is 62.6 Å². The molecule has 0 unspecified atom stereocenters. The minimum atomic E-state index is -3.94. The third-order valence-corrected chi connectivity index (χ3v) is 7.56. The van der Waals surface area contributed by atoms with E-state index in [9.17, 15) is 18.0 Å². The predicted octanol–water partition coefficient (Wildman–Crippen LogP) is 5.05. The Morgan fingerprint density at radius 1 is 1.03 bits per heavy atom. The summed E-state index contributed by atoms with van der Waals surface area (Å²) in [5.41, 5.74) is 1.87. The molecule has 11 heteroatoms. The molecule has 0 aliphatic carbocycles. The average molecular weight is 563 g/mol. The molecule has 0 spiro atoms. The largest absolute Gasteiger partial charge is 0.354 e. The van der Waals surface area contributed by atoms with E-state index in [1.165, 1.54) is 17.0 Å². The second-order valence-electron chi connectivity index (χ2n) is 8.32. The number of halogens is 3. The first-order valence-corrected chi connectivity index (χ1v) is 14.1. The van der Waals surface area contributed by atoms with Crippen LogP contribution in [0.5, 0.6) is 0 Å². The first kappa shape index (κ1) is 29.2. The summed E-state index contributed by atoms with van der Waals surface area (Å²) >= 11 is 18.3. The van der Waals surface area contributed by atoms with E-state index in [-0.39, 0.29) is 33.2 Å². The Kier molecular flexibility index (Phi) is 10.7. The Hall–Kier alpha value is -2.00. The third kappa shape index (κ3) is 8.27. The van der Waals surface area contributed by atoms with Crippen LogP contribution in [0.15, 0.2) is 36.4 Å². The molecule has 35 heavy (non-hydrogen) atoms. The normalized spacial score (nSPS) is 12.2. The summed E-state index contributed by atoms with van der Waals surface area (Å²) in [7, 11) is -3.94. The van der Waals surface area contributed by atoms with Gasteiger partial charge in [0.2, 0.25) is 21.8 Å². The molecule has 1 atom stereocenters. The van der Waals surface area contributed by atoms with Gasteiger partial charge in [0.1, 0.15) is 12.6 Å². The van der Waals surface area contributed by atoms with Gasteiger partial charge >= 0.3 is 0 Å². The number of aryl methyl sites for hydroxylation is 1. The van der Waals surface area contributed by atoms with Crippen molar-refractivity contribution in [2.24, 2.45) is 0 Å². The molecular formula is C24H30Cl3N3O4S. The molecule has 2 amide bonds. The number of nitrogens with zero attached hydrogens (tertiary/aromatic N) is 2. The van der Waals surface area contributed by atoms with Gasteiger partial charge in [-0.05, 0) is 38.0 Å². The highest BCUT2D eigenvalue weighted by Crippen LogP contribution is 2.35. The van der Waals surface area contributed by atoms with E-state index in [0.29, 0.717) is 6.54 Å². The number of nitrogens with one attached hydrogen (secondary N) is 1. The molecule has 0 heterocycles. The Morgan fingerprint density at radius 2 is 1.63 bits per heavy atom. The maximum atomic E-state index is 13.5. The lowest BCUT2D eigenvalue weighted by molar-refractivity contribution is -0.139. The van der Waals surface area contributed by atoms with E-state index in [1.54, 1.807) is 6.92 Å². The Morgan fingerprint density at radius 3 is 2.20 bits per heavy atom. The van der Waals surface area contributed by atoms with Crippen LogP contribution in [-0.4, -0.2) is 50.5 Å². The molecule has 0 saturated heterocycles. The van der Waals surface area contributed by atoms with Crippen LogP contribution >= 0.6 is 34.8 Å². The zero-order valence-corrected chi connectivity index (χ0v) is 23.2. The maximum Gasteiger partial charge on any atom is 0.244 e. The summed E-state index contributed by atoms with van der Waals surface area (Å²) in [6.45, 7) is 5.60. The molecule has 0 aliphatic rings. The van der Waals surface area contributed by atoms with Gasteiger partial charge in [-0.2, -0.15) is 0 Å². The van der Waals surface area contributed by atoms with E-state index >= 15 is 0 Å². The van der Waals surface area contributed by atoms with Crippen LogP contribution in [0.25, 0.3) is 0 Å². The number of sulfonamides is 1. The van der Waals surface area contributed by atoms with Gasteiger partial charge in [-0.25, -0.2) is 8.42 Å². The highest BCUT2D eigenvalue weighted by Gasteiger charge is 2.31. The minimum Gasteiger partial charge on any atom is -0.354 e. The van der Waals surface area contributed by atoms with Gasteiger partial charge < -0.3 is 10.2 Å². The molecule has 0 fully saturated rings. The van der Waals surface area contributed by atoms with Crippen molar-refractivity contribution in [3.8, 4) is 0 Å². The fourth-order valence-electron chi connectivity index (χ4n) is 3.31. The van der Waals surface area contributed by atoms with Crippen LogP contribution in [0.2, 0.25) is 15.1 Å². The first-order valence-electron chi connectivity index (χ1n) is 11.1. The lowest BCUT2D eigenvalue weighted by atomic mass is 10.1. The standard InChI is InChI=1S/C24H30Cl3N3O4S/c1-5-6-11-28-24(32)17(3)29(14-18-9-7-16(2)8-10-18)23(31)15-30(35(4,33)34)22-13-20(26)19(25)12-21(22)27/h7-10,12-13,17H,5-6,11,14-15H2,1-4H3,(H,28,32)/t17-/m1/s1. The number of unbranched alkanes of at least 4 members (excludes halogenated alkanes) is 1. The van der Waals surface area contributed by atoms with Gasteiger partial charge in [-0.1, -0.05) is 78.0 Å². The summed E-state index contributed by atoms with van der Waals surface area (Å²) in [6.07, 6.45) is 2.68. The van der Waals surface area contributed by atoms with Gasteiger partial charge in [0.05, 0.1) is 27.0 Å². The second kappa shape index (κ2) is 12.8. The second-order valence-corrected chi connectivity index (χ2v) is 11.4. The summed E-state index contributed by atoms with van der Waals surface area (Å²) in [5, 5.41) is 3.10. The predicted molar refractivity (Wildman–Crippen MR) is 143 cm³/mol. The van der Waals surface area contributed by atoms with Crippen molar-refractivity contribution in [2.45, 2.75) is 46.2 Å². The Labute approximate surface area is 222 Å². The van der Waals surface area contributed by atoms with Gasteiger partial charge in [0.25, 0.3) is 0 Å². The van der Waals surface area contributed by atoms with E-state index in [4.69, 9.17) is 34.8 Å². The number of hydrogen-bond donors (Lipinski definition) is 1. The zero-order valence-electron chi connectivity index (χ0n) is 20.1. The highest BCUT2D eigenvalue weighted by molar-refractivity contribution is 7.92. The number of carbonyl (C=O) groups excluding carboxylic acids is 2. The topological polar surface area (TPSA) is 86.8 Å². The molecule has 2 aromatic rings. The van der Waals surface area contributed by atoms with E-state index in [0.717, 1.165) is 34.5 Å². The number of hydrogen-bond acceptors (Lipinski definition) is 4. The van der Waals surface area contributed by atoms with Crippen molar-refractivity contribution in [3.63, 3.8) is 0 Å². The zero-order chi connectivity index (χ0) is 26.3. The van der Waals surface area contributed by atoms with Crippen LogP contribution in [0.4, 0.5) is 5.69 Å². The number of rotatable bonds is 11. The van der Waals surface area contributed by atoms with Crippen molar-refractivity contribution < 1.29 is 18.0 Å². The lowest BCUT2D eigenvalue weighted by Gasteiger charge is -2.31. The molecule has 2 aromatic carbocycles. The number of anilines is 1. The van der Waals surface area contributed by atoms with Crippen molar-refractivity contribution in [1.29, 1.82) is 0 Å². The summed E-state index contributed by atoms with van der Waals surface area (Å²) in [6, 6.07) is 9.31. The minimum absolute atomic E-state index is 0.0206. The monoisotopic (exact) mass is 561 g/mol. The molecule has 2 rings (SSSR count). The van der Waals surface area contributed by atoms with Crippen LogP contribution in [-0.2, 0) is 26.2 Å². The van der Waals surface area contributed by atoms with E-state index in [1.807, 2.05) is 38.1 Å². The molecule has 0 saturated carbocycles. The fraction of sp³-hybridized carbons (Fsp3) is 0.417. The van der Waals surface area contributed by atoms with Gasteiger partial charge in [-0.15, -0.1) is 0 Å². The molecule has 0 aromatic heterocycles. The third-order valence-electron chi connectivity index (χ3n) is 5.41. The number of benzene rings is 2. The smallest absolute Gasteiger partial charge is 0.244 e. The van der Waals surface area contributed by atoms with Crippen LogP contribution in [0.3, 0.4) is 0 Å². The quantitative estimate of drug-likeness (QED) is 0.307. The van der Waals surface area contributed by atoms with Gasteiger partial charge in [0.15, 0.2) is 0 Å². The highest BCUT2D eigenvalue weighted by atomic mass is 35.5. The SMILES string of the molecule is CCCCNC(=O)[C@@H](C)N(Cc1ccc(C)cc1)C(=O)CN(c1cc(Cl)c(Cl)cc1Cl)S(C)(=O)=O. The summed E-state index contributed by atoms with van der Waals surface area (Å²) < 4.78 is 26.2. The van der Waals surface area contributed by atoms with Crippen molar-refractivity contribution in [2.75, 3.05) is 23.7 Å². The molecular weight excluding hydrogens is 533 g/mol.